The zero-order valence-electron chi connectivity index (χ0n) is 13.3. The summed E-state index contributed by atoms with van der Waals surface area (Å²) in [6.45, 7) is 2.17. The lowest BCUT2D eigenvalue weighted by atomic mass is 10.1. The number of rotatable bonds is 4. The second kappa shape index (κ2) is 7.05. The van der Waals surface area contributed by atoms with Gasteiger partial charge < -0.3 is 9.64 Å². The molecule has 5 heteroatoms. The van der Waals surface area contributed by atoms with Gasteiger partial charge in [-0.25, -0.2) is 0 Å². The van der Waals surface area contributed by atoms with E-state index in [1.165, 1.54) is 0 Å². The molecule has 2 atom stereocenters. The van der Waals surface area contributed by atoms with Gasteiger partial charge >= 0.3 is 5.97 Å². The second-order valence-corrected chi connectivity index (χ2v) is 6.31. The van der Waals surface area contributed by atoms with E-state index in [9.17, 15) is 9.59 Å². The minimum absolute atomic E-state index is 0.0772. The Bertz CT molecular complexity index is 730. The molecule has 4 nitrogen and oxygen atoms in total. The van der Waals surface area contributed by atoms with E-state index in [0.29, 0.717) is 11.6 Å². The molecule has 0 saturated carbocycles. The van der Waals surface area contributed by atoms with Crippen molar-refractivity contribution >= 4 is 29.2 Å². The number of hydrogen-bond acceptors (Lipinski definition) is 3. The summed E-state index contributed by atoms with van der Waals surface area (Å²) >= 11 is 5.87. The van der Waals surface area contributed by atoms with Crippen molar-refractivity contribution < 1.29 is 14.3 Å². The lowest BCUT2D eigenvalue weighted by Crippen LogP contribution is -2.26. The fourth-order valence-corrected chi connectivity index (χ4v) is 2.92. The van der Waals surface area contributed by atoms with Crippen LogP contribution in [0.25, 0.3) is 0 Å². The highest BCUT2D eigenvalue weighted by molar-refractivity contribution is 6.30. The predicted octanol–water partition coefficient (Wildman–Crippen LogP) is 4.00. The van der Waals surface area contributed by atoms with E-state index in [2.05, 4.69) is 0 Å². The number of hydrogen-bond donors (Lipinski definition) is 0. The van der Waals surface area contributed by atoms with Crippen LogP contribution in [0.15, 0.2) is 54.6 Å². The Labute approximate surface area is 146 Å². The molecule has 1 aliphatic heterocycles. The first kappa shape index (κ1) is 16.5. The van der Waals surface area contributed by atoms with Crippen molar-refractivity contribution in [3.05, 3.63) is 65.2 Å². The first-order chi connectivity index (χ1) is 11.5. The van der Waals surface area contributed by atoms with E-state index in [0.717, 1.165) is 11.3 Å². The van der Waals surface area contributed by atoms with Gasteiger partial charge in [0.1, 0.15) is 6.10 Å². The van der Waals surface area contributed by atoms with Crippen LogP contribution in [0.2, 0.25) is 5.02 Å². The van der Waals surface area contributed by atoms with Crippen LogP contribution in [0.1, 0.15) is 25.0 Å². The summed E-state index contributed by atoms with van der Waals surface area (Å²) in [5.41, 5.74) is 1.68. The molecule has 1 aliphatic rings. The lowest BCUT2D eigenvalue weighted by molar-refractivity contribution is -0.153. The maximum atomic E-state index is 12.4. The summed E-state index contributed by atoms with van der Waals surface area (Å²) in [6, 6.07) is 16.6. The van der Waals surface area contributed by atoms with E-state index in [1.54, 1.807) is 29.2 Å². The van der Waals surface area contributed by atoms with Crippen LogP contribution in [0.5, 0.6) is 0 Å². The largest absolute Gasteiger partial charge is 0.458 e. The number of benzene rings is 2. The molecule has 0 aliphatic carbocycles. The van der Waals surface area contributed by atoms with Crippen molar-refractivity contribution in [1.29, 1.82) is 0 Å². The smallest absolute Gasteiger partial charge is 0.311 e. The third-order valence-electron chi connectivity index (χ3n) is 4.16. The number of anilines is 1. The van der Waals surface area contributed by atoms with E-state index >= 15 is 0 Å². The highest BCUT2D eigenvalue weighted by Crippen LogP contribution is 2.28. The third-order valence-corrected chi connectivity index (χ3v) is 4.41. The van der Waals surface area contributed by atoms with Gasteiger partial charge in [0.2, 0.25) is 5.91 Å². The van der Waals surface area contributed by atoms with Crippen molar-refractivity contribution in [1.82, 2.24) is 0 Å². The van der Waals surface area contributed by atoms with Crippen LogP contribution in [0.4, 0.5) is 5.69 Å². The number of ether oxygens (including phenoxy) is 1. The second-order valence-electron chi connectivity index (χ2n) is 5.87. The van der Waals surface area contributed by atoms with Crippen molar-refractivity contribution in [2.75, 3.05) is 11.4 Å². The molecule has 0 N–H and O–H groups in total. The fraction of sp³-hybridized carbons (Fsp3) is 0.263. The van der Waals surface area contributed by atoms with E-state index in [4.69, 9.17) is 16.3 Å². The van der Waals surface area contributed by atoms with Crippen LogP contribution >= 0.6 is 11.6 Å². The lowest BCUT2D eigenvalue weighted by Gasteiger charge is -2.18. The molecule has 0 radical (unpaired) electrons. The van der Waals surface area contributed by atoms with Crippen LogP contribution in [-0.2, 0) is 14.3 Å². The fourth-order valence-electron chi connectivity index (χ4n) is 2.80. The van der Waals surface area contributed by atoms with Gasteiger partial charge in [-0.2, -0.15) is 0 Å². The number of carbonyl (C=O) groups excluding carboxylic acids is 2. The molecule has 0 spiro atoms. The van der Waals surface area contributed by atoms with Gasteiger partial charge in [-0.1, -0.05) is 41.9 Å². The highest BCUT2D eigenvalue weighted by atomic mass is 35.5. The number of halogens is 1. The van der Waals surface area contributed by atoms with Crippen LogP contribution in [0.3, 0.4) is 0 Å². The molecular formula is C19H18ClNO3. The zero-order chi connectivity index (χ0) is 17.1. The van der Waals surface area contributed by atoms with Gasteiger partial charge in [0.25, 0.3) is 0 Å². The number of nitrogens with zero attached hydrogens (tertiary/aromatic N) is 1. The molecule has 3 rings (SSSR count). The molecule has 1 fully saturated rings. The van der Waals surface area contributed by atoms with Crippen molar-refractivity contribution in [2.45, 2.75) is 19.4 Å². The standard InChI is InChI=1S/C19H18ClNO3/c1-13(14-5-3-2-4-6-14)24-19(23)15-11-18(22)21(12-15)17-9-7-16(20)8-10-17/h2-10,13,15H,11-12H2,1H3/t13?,15-/m1/s1. The molecule has 0 bridgehead atoms. The summed E-state index contributed by atoms with van der Waals surface area (Å²) in [6.07, 6.45) is -0.165. The molecule has 0 aromatic heterocycles. The van der Waals surface area contributed by atoms with Crippen molar-refractivity contribution in [3.63, 3.8) is 0 Å². The van der Waals surface area contributed by atoms with E-state index in [-0.39, 0.29) is 24.4 Å². The summed E-state index contributed by atoms with van der Waals surface area (Å²) in [5, 5.41) is 0.609. The third kappa shape index (κ3) is 3.60. The molecule has 124 valence electrons. The van der Waals surface area contributed by atoms with E-state index in [1.807, 2.05) is 37.3 Å². The quantitative estimate of drug-likeness (QED) is 0.788. The Kier molecular flexibility index (Phi) is 4.86. The van der Waals surface area contributed by atoms with Gasteiger partial charge in [-0.05, 0) is 36.8 Å². The number of carbonyl (C=O) groups is 2. The number of esters is 1. The average molecular weight is 344 g/mol. The maximum Gasteiger partial charge on any atom is 0.311 e. The Morgan fingerprint density at radius 3 is 2.50 bits per heavy atom. The minimum atomic E-state index is -0.445. The predicted molar refractivity (Wildman–Crippen MR) is 92.9 cm³/mol. The van der Waals surface area contributed by atoms with Crippen LogP contribution in [0, 0.1) is 5.92 Å². The summed E-state index contributed by atoms with van der Waals surface area (Å²) in [7, 11) is 0. The Morgan fingerprint density at radius 1 is 1.17 bits per heavy atom. The minimum Gasteiger partial charge on any atom is -0.458 e. The summed E-state index contributed by atoms with van der Waals surface area (Å²) < 4.78 is 5.53. The molecule has 2 aromatic carbocycles. The molecule has 2 aromatic rings. The molecule has 1 heterocycles. The molecule has 1 saturated heterocycles. The van der Waals surface area contributed by atoms with Crippen LogP contribution < -0.4 is 4.90 Å². The van der Waals surface area contributed by atoms with Gasteiger partial charge in [0.05, 0.1) is 5.92 Å². The number of amides is 1. The van der Waals surface area contributed by atoms with Gasteiger partial charge in [0.15, 0.2) is 0 Å². The summed E-state index contributed by atoms with van der Waals surface area (Å²) in [4.78, 5) is 26.2. The van der Waals surface area contributed by atoms with Gasteiger partial charge in [-0.15, -0.1) is 0 Å². The Morgan fingerprint density at radius 2 is 1.83 bits per heavy atom. The molecular weight excluding hydrogens is 326 g/mol. The van der Waals surface area contributed by atoms with Gasteiger partial charge in [-0.3, -0.25) is 9.59 Å². The van der Waals surface area contributed by atoms with Crippen LogP contribution in [-0.4, -0.2) is 18.4 Å². The summed E-state index contributed by atoms with van der Waals surface area (Å²) in [5.74, 6) is -0.859. The topological polar surface area (TPSA) is 46.6 Å². The first-order valence-corrected chi connectivity index (χ1v) is 8.24. The molecule has 1 amide bonds. The Balaban J connectivity index is 1.64. The SMILES string of the molecule is CC(OC(=O)[C@@H]1CC(=O)N(c2ccc(Cl)cc2)C1)c1ccccc1. The van der Waals surface area contributed by atoms with Crippen molar-refractivity contribution in [2.24, 2.45) is 5.92 Å². The van der Waals surface area contributed by atoms with Gasteiger partial charge in [0, 0.05) is 23.7 Å². The highest BCUT2D eigenvalue weighted by Gasteiger charge is 2.36. The first-order valence-electron chi connectivity index (χ1n) is 7.86. The molecule has 24 heavy (non-hydrogen) atoms. The Hall–Kier alpha value is -2.33. The zero-order valence-corrected chi connectivity index (χ0v) is 14.1. The average Bonchev–Trinajstić information content (AvgIpc) is 2.98. The normalized spacial score (nSPS) is 18.5. The maximum absolute atomic E-state index is 12.4. The monoisotopic (exact) mass is 343 g/mol. The molecule has 1 unspecified atom stereocenters. The van der Waals surface area contributed by atoms with E-state index < -0.39 is 5.92 Å². The van der Waals surface area contributed by atoms with Crippen molar-refractivity contribution in [3.8, 4) is 0 Å².